The molecule has 2 N–H and O–H groups in total. The third-order valence-corrected chi connectivity index (χ3v) is 5.33. The number of methoxy groups -OCH3 is 1. The van der Waals surface area contributed by atoms with Gasteiger partial charge in [0.25, 0.3) is 0 Å². The molecule has 160 valence electrons. The molecule has 30 heavy (non-hydrogen) atoms. The average molecular weight is 412 g/mol. The molecule has 0 saturated carbocycles. The zero-order valence-electron chi connectivity index (χ0n) is 17.3. The highest BCUT2D eigenvalue weighted by Gasteiger charge is 2.23. The number of aliphatic carboxylic acids is 1. The molecule has 3 rings (SSSR count). The molecule has 1 aliphatic heterocycles. The van der Waals surface area contributed by atoms with Crippen molar-refractivity contribution in [2.24, 2.45) is 0 Å². The molecule has 0 radical (unpaired) electrons. The normalized spacial score (nSPS) is 13.8. The smallest absolute Gasteiger partial charge is 0.312 e. The Hall–Kier alpha value is -3.03. The number of carbonyl (C=O) groups is 2. The number of hydrogen-bond acceptors (Lipinski definition) is 7. The minimum atomic E-state index is -1.01. The second-order valence-electron chi connectivity index (χ2n) is 7.52. The van der Waals surface area contributed by atoms with Crippen molar-refractivity contribution in [1.29, 1.82) is 0 Å². The number of carboxylic acids is 1. The fourth-order valence-electron chi connectivity index (χ4n) is 3.59. The Kier molecular flexibility index (Phi) is 7.70. The second kappa shape index (κ2) is 10.7. The largest absolute Gasteiger partial charge is 0.481 e. The maximum Gasteiger partial charge on any atom is 0.312 e. The second-order valence-corrected chi connectivity index (χ2v) is 7.52. The van der Waals surface area contributed by atoms with Gasteiger partial charge in [0.2, 0.25) is 5.88 Å². The lowest BCUT2D eigenvalue weighted by Gasteiger charge is -2.17. The van der Waals surface area contributed by atoms with Crippen LogP contribution in [0.5, 0.6) is 5.88 Å². The molecule has 0 fully saturated rings. The molecule has 0 aromatic carbocycles. The van der Waals surface area contributed by atoms with Crippen molar-refractivity contribution < 1.29 is 19.4 Å². The van der Waals surface area contributed by atoms with Crippen LogP contribution >= 0.6 is 0 Å². The highest BCUT2D eigenvalue weighted by molar-refractivity contribution is 5.80. The minimum absolute atomic E-state index is 0.0720. The van der Waals surface area contributed by atoms with Gasteiger partial charge in [-0.2, -0.15) is 5.10 Å². The van der Waals surface area contributed by atoms with Crippen molar-refractivity contribution in [1.82, 2.24) is 15.2 Å². The van der Waals surface area contributed by atoms with Crippen molar-refractivity contribution in [2.75, 3.05) is 19.0 Å². The zero-order valence-corrected chi connectivity index (χ0v) is 17.3. The van der Waals surface area contributed by atoms with E-state index in [1.807, 2.05) is 0 Å². The number of unbranched alkanes of at least 4 members (excludes halogenated alkanes) is 1. The zero-order chi connectivity index (χ0) is 21.3. The van der Waals surface area contributed by atoms with Crippen LogP contribution in [0.1, 0.15) is 61.4 Å². The maximum atomic E-state index is 12.2. The fraction of sp³-hybridized carbons (Fsp3) is 0.500. The molecule has 0 aliphatic carbocycles. The first-order valence-corrected chi connectivity index (χ1v) is 10.4. The summed E-state index contributed by atoms with van der Waals surface area (Å²) in [5.74, 6) is -0.462. The van der Waals surface area contributed by atoms with Gasteiger partial charge in [-0.05, 0) is 56.2 Å². The Balaban J connectivity index is 1.40. The number of rotatable bonds is 11. The van der Waals surface area contributed by atoms with Crippen LogP contribution in [0.2, 0.25) is 0 Å². The van der Waals surface area contributed by atoms with Gasteiger partial charge >= 0.3 is 5.97 Å². The Morgan fingerprint density at radius 1 is 1.17 bits per heavy atom. The van der Waals surface area contributed by atoms with Gasteiger partial charge in [-0.3, -0.25) is 9.59 Å². The standard InChI is InChI=1S/C22H28N4O4/c1-30-20-13-12-19(25-26-20)18(22(28)29)11-10-17(27)7-3-2-6-16-9-8-15-5-4-14-23-21(15)24-16/h8-9,12-13,18H,2-7,10-11,14H2,1H3,(H,23,24)(H,28,29)/t18-/m0/s1. The number of hydrogen-bond donors (Lipinski definition) is 2. The number of nitrogens with one attached hydrogen (secondary N) is 1. The molecule has 2 aromatic heterocycles. The molecule has 0 spiro atoms. The van der Waals surface area contributed by atoms with Crippen LogP contribution in [-0.2, 0) is 22.4 Å². The fourth-order valence-corrected chi connectivity index (χ4v) is 3.59. The molecule has 1 aliphatic rings. The number of anilines is 1. The summed E-state index contributed by atoms with van der Waals surface area (Å²) in [6.07, 6.45) is 5.58. The molecular formula is C22H28N4O4. The van der Waals surface area contributed by atoms with Crippen molar-refractivity contribution in [3.05, 3.63) is 41.2 Å². The number of aromatic nitrogens is 3. The van der Waals surface area contributed by atoms with E-state index >= 15 is 0 Å². The van der Waals surface area contributed by atoms with Crippen LogP contribution in [0.3, 0.4) is 0 Å². The number of fused-ring (bicyclic) bond motifs is 1. The highest BCUT2D eigenvalue weighted by atomic mass is 16.5. The van der Waals surface area contributed by atoms with Gasteiger partial charge in [0, 0.05) is 31.1 Å². The molecule has 0 unspecified atom stereocenters. The van der Waals surface area contributed by atoms with E-state index in [1.165, 1.54) is 12.7 Å². The third-order valence-electron chi connectivity index (χ3n) is 5.33. The number of aryl methyl sites for hydroxylation is 2. The van der Waals surface area contributed by atoms with E-state index in [4.69, 9.17) is 4.74 Å². The first kappa shape index (κ1) is 21.7. The van der Waals surface area contributed by atoms with Gasteiger partial charge in [0.05, 0.1) is 12.8 Å². The summed E-state index contributed by atoms with van der Waals surface area (Å²) in [5, 5.41) is 20.5. The first-order chi connectivity index (χ1) is 14.6. The summed E-state index contributed by atoms with van der Waals surface area (Å²) in [6.45, 7) is 0.970. The summed E-state index contributed by atoms with van der Waals surface area (Å²) in [5.41, 5.74) is 2.65. The molecule has 0 saturated heterocycles. The predicted octanol–water partition coefficient (Wildman–Crippen LogP) is 3.17. The number of ketones is 1. The Morgan fingerprint density at radius 3 is 2.77 bits per heavy atom. The van der Waals surface area contributed by atoms with Gasteiger partial charge < -0.3 is 15.2 Å². The maximum absolute atomic E-state index is 12.2. The molecule has 2 aromatic rings. The number of carbonyl (C=O) groups excluding carboxylic acids is 1. The van der Waals surface area contributed by atoms with Crippen molar-refractivity contribution >= 4 is 17.6 Å². The van der Waals surface area contributed by atoms with E-state index in [2.05, 4.69) is 32.6 Å². The van der Waals surface area contributed by atoms with Crippen LogP contribution in [-0.4, -0.2) is 45.7 Å². The first-order valence-electron chi connectivity index (χ1n) is 10.4. The minimum Gasteiger partial charge on any atom is -0.481 e. The van der Waals surface area contributed by atoms with Crippen LogP contribution in [0.25, 0.3) is 0 Å². The summed E-state index contributed by atoms with van der Waals surface area (Å²) in [7, 11) is 1.47. The highest BCUT2D eigenvalue weighted by Crippen LogP contribution is 2.22. The summed E-state index contributed by atoms with van der Waals surface area (Å²) in [6, 6.07) is 7.37. The van der Waals surface area contributed by atoms with Crippen molar-refractivity contribution in [3.63, 3.8) is 0 Å². The molecule has 0 bridgehead atoms. The van der Waals surface area contributed by atoms with E-state index in [1.54, 1.807) is 12.1 Å². The van der Waals surface area contributed by atoms with Gasteiger partial charge in [-0.15, -0.1) is 5.10 Å². The van der Waals surface area contributed by atoms with Gasteiger partial charge in [0.15, 0.2) is 0 Å². The Morgan fingerprint density at radius 2 is 2.03 bits per heavy atom. The number of ether oxygens (including phenoxy) is 1. The van der Waals surface area contributed by atoms with Crippen molar-refractivity contribution in [2.45, 2.75) is 57.3 Å². The van der Waals surface area contributed by atoms with Crippen molar-refractivity contribution in [3.8, 4) is 5.88 Å². The third kappa shape index (κ3) is 5.98. The monoisotopic (exact) mass is 412 g/mol. The lowest BCUT2D eigenvalue weighted by molar-refractivity contribution is -0.139. The molecule has 0 amide bonds. The number of Topliss-reactive ketones (excluding diaryl/α,β-unsaturated/α-hetero) is 1. The topological polar surface area (TPSA) is 114 Å². The van der Waals surface area contributed by atoms with E-state index < -0.39 is 11.9 Å². The number of carboxylic acid groups (broad SMARTS) is 1. The molecular weight excluding hydrogens is 384 g/mol. The van der Waals surface area contributed by atoms with Gasteiger partial charge in [-0.25, -0.2) is 4.98 Å². The Labute approximate surface area is 176 Å². The van der Waals surface area contributed by atoms with Crippen LogP contribution < -0.4 is 10.1 Å². The number of pyridine rings is 1. The van der Waals surface area contributed by atoms with Crippen LogP contribution in [0.4, 0.5) is 5.82 Å². The quantitative estimate of drug-likeness (QED) is 0.541. The SMILES string of the molecule is COc1ccc([C@H](CCC(=O)CCCCc2ccc3c(n2)NCCC3)C(=O)O)nn1. The van der Waals surface area contributed by atoms with Gasteiger partial charge in [-0.1, -0.05) is 6.07 Å². The lowest BCUT2D eigenvalue weighted by atomic mass is 9.96. The van der Waals surface area contributed by atoms with E-state index in [-0.39, 0.29) is 18.6 Å². The van der Waals surface area contributed by atoms with Crippen LogP contribution in [0.15, 0.2) is 24.3 Å². The number of nitrogens with zero attached hydrogens (tertiary/aromatic N) is 3. The lowest BCUT2D eigenvalue weighted by Crippen LogP contribution is -2.15. The molecule has 3 heterocycles. The van der Waals surface area contributed by atoms with Crippen LogP contribution in [0, 0.1) is 0 Å². The Bertz CT molecular complexity index is 870. The summed E-state index contributed by atoms with van der Waals surface area (Å²) < 4.78 is 4.94. The molecule has 8 nitrogen and oxygen atoms in total. The summed E-state index contributed by atoms with van der Waals surface area (Å²) >= 11 is 0. The molecule has 1 atom stereocenters. The van der Waals surface area contributed by atoms with Gasteiger partial charge in [0.1, 0.15) is 17.5 Å². The predicted molar refractivity (Wildman–Crippen MR) is 112 cm³/mol. The average Bonchev–Trinajstić information content (AvgIpc) is 2.77. The van der Waals surface area contributed by atoms with E-state index in [0.717, 1.165) is 50.2 Å². The summed E-state index contributed by atoms with van der Waals surface area (Å²) in [4.78, 5) is 28.5. The molecule has 8 heteroatoms. The van der Waals surface area contributed by atoms with E-state index in [0.29, 0.717) is 18.0 Å². The van der Waals surface area contributed by atoms with E-state index in [9.17, 15) is 14.7 Å².